The Bertz CT molecular complexity index is 380. The van der Waals surface area contributed by atoms with Crippen LogP contribution in [0.2, 0.25) is 0 Å². The van der Waals surface area contributed by atoms with Crippen molar-refractivity contribution in [2.45, 2.75) is 19.1 Å². The van der Waals surface area contributed by atoms with E-state index in [-0.39, 0.29) is 18.7 Å². The number of hydrogen-bond acceptors (Lipinski definition) is 3. The van der Waals surface area contributed by atoms with Crippen molar-refractivity contribution in [2.75, 3.05) is 19.7 Å². The van der Waals surface area contributed by atoms with Crippen LogP contribution in [0, 0.1) is 0 Å². The molecule has 1 aromatic carbocycles. The molecule has 1 N–H and O–H groups in total. The Hall–Kier alpha value is -1.39. The summed E-state index contributed by atoms with van der Waals surface area (Å²) in [5.74, 6) is -0.787. The number of morpholine rings is 1. The van der Waals surface area contributed by atoms with Crippen molar-refractivity contribution >= 4 is 5.97 Å². The summed E-state index contributed by atoms with van der Waals surface area (Å²) in [6, 6.07) is 10.1. The Morgan fingerprint density at radius 2 is 2.18 bits per heavy atom. The predicted octanol–water partition coefficient (Wildman–Crippen LogP) is 1.53. The van der Waals surface area contributed by atoms with Gasteiger partial charge in [0.15, 0.2) is 0 Å². The normalized spacial score (nSPS) is 25.7. The standard InChI is InChI=1S/C13H17NO3/c1-10-9-17-12(7-14(10)8-13(15)16)11-5-3-2-4-6-11/h2-6,10,12H,7-9H2,1H3,(H,15,16)/t10-,12+/m1/s1. The lowest BCUT2D eigenvalue weighted by molar-refractivity contribution is -0.142. The largest absolute Gasteiger partial charge is 0.480 e. The Balaban J connectivity index is 2.05. The number of hydrogen-bond donors (Lipinski definition) is 1. The van der Waals surface area contributed by atoms with Crippen molar-refractivity contribution in [1.82, 2.24) is 4.90 Å². The van der Waals surface area contributed by atoms with Crippen molar-refractivity contribution < 1.29 is 14.6 Å². The summed E-state index contributed by atoms with van der Waals surface area (Å²) >= 11 is 0. The highest BCUT2D eigenvalue weighted by molar-refractivity contribution is 5.69. The zero-order valence-corrected chi connectivity index (χ0v) is 9.87. The quantitative estimate of drug-likeness (QED) is 0.863. The fourth-order valence-electron chi connectivity index (χ4n) is 2.07. The first-order chi connectivity index (χ1) is 8.16. The first kappa shape index (κ1) is 12.1. The molecule has 0 radical (unpaired) electrons. The van der Waals surface area contributed by atoms with E-state index in [4.69, 9.17) is 9.84 Å². The number of nitrogens with zero attached hydrogens (tertiary/aromatic N) is 1. The predicted molar refractivity (Wildman–Crippen MR) is 63.8 cm³/mol. The van der Waals surface area contributed by atoms with Crippen LogP contribution in [0.4, 0.5) is 0 Å². The van der Waals surface area contributed by atoms with E-state index in [9.17, 15) is 4.79 Å². The van der Waals surface area contributed by atoms with Gasteiger partial charge in [0.05, 0.1) is 19.3 Å². The molecule has 1 saturated heterocycles. The van der Waals surface area contributed by atoms with Crippen LogP contribution in [0.3, 0.4) is 0 Å². The second-order valence-electron chi connectivity index (χ2n) is 4.40. The lowest BCUT2D eigenvalue weighted by atomic mass is 10.1. The lowest BCUT2D eigenvalue weighted by Crippen LogP contribution is -2.47. The number of aliphatic carboxylic acids is 1. The molecule has 4 nitrogen and oxygen atoms in total. The maximum absolute atomic E-state index is 10.8. The van der Waals surface area contributed by atoms with Crippen molar-refractivity contribution in [3.05, 3.63) is 35.9 Å². The molecule has 4 heteroatoms. The van der Waals surface area contributed by atoms with Gasteiger partial charge < -0.3 is 9.84 Å². The van der Waals surface area contributed by atoms with E-state index in [1.165, 1.54) is 0 Å². The van der Waals surface area contributed by atoms with Gasteiger partial charge in [0, 0.05) is 12.6 Å². The van der Waals surface area contributed by atoms with E-state index in [0.717, 1.165) is 5.56 Å². The molecule has 0 aliphatic carbocycles. The van der Waals surface area contributed by atoms with Gasteiger partial charge in [-0.05, 0) is 12.5 Å². The first-order valence-electron chi connectivity index (χ1n) is 5.79. The molecule has 92 valence electrons. The molecule has 1 aliphatic rings. The van der Waals surface area contributed by atoms with Crippen LogP contribution in [-0.4, -0.2) is 41.7 Å². The first-order valence-corrected chi connectivity index (χ1v) is 5.79. The summed E-state index contributed by atoms with van der Waals surface area (Å²) in [5.41, 5.74) is 1.11. The minimum atomic E-state index is -0.787. The van der Waals surface area contributed by atoms with Gasteiger partial charge in [-0.1, -0.05) is 30.3 Å². The summed E-state index contributed by atoms with van der Waals surface area (Å²) in [6.07, 6.45) is -0.0215. The Labute approximate surface area is 101 Å². The van der Waals surface area contributed by atoms with Gasteiger partial charge in [-0.15, -0.1) is 0 Å². The van der Waals surface area contributed by atoms with E-state index < -0.39 is 5.97 Å². The maximum Gasteiger partial charge on any atom is 0.317 e. The number of rotatable bonds is 3. The second kappa shape index (κ2) is 5.29. The van der Waals surface area contributed by atoms with Gasteiger partial charge >= 0.3 is 5.97 Å². The molecule has 0 bridgehead atoms. The van der Waals surface area contributed by atoms with E-state index >= 15 is 0 Å². The highest BCUT2D eigenvalue weighted by Crippen LogP contribution is 2.24. The zero-order chi connectivity index (χ0) is 12.3. The lowest BCUT2D eigenvalue weighted by Gasteiger charge is -2.37. The minimum absolute atomic E-state index is 0.0215. The van der Waals surface area contributed by atoms with Crippen molar-refractivity contribution in [1.29, 1.82) is 0 Å². The van der Waals surface area contributed by atoms with Crippen LogP contribution in [-0.2, 0) is 9.53 Å². The van der Waals surface area contributed by atoms with Crippen LogP contribution in [0.15, 0.2) is 30.3 Å². The fourth-order valence-corrected chi connectivity index (χ4v) is 2.07. The zero-order valence-electron chi connectivity index (χ0n) is 9.87. The summed E-state index contributed by atoms with van der Waals surface area (Å²) in [5, 5.41) is 8.86. The number of carbonyl (C=O) groups is 1. The monoisotopic (exact) mass is 235 g/mol. The third-order valence-electron chi connectivity index (χ3n) is 3.07. The average molecular weight is 235 g/mol. The Morgan fingerprint density at radius 3 is 2.82 bits per heavy atom. The number of carboxylic acids is 1. The van der Waals surface area contributed by atoms with Gasteiger partial charge in [-0.3, -0.25) is 9.69 Å². The molecule has 0 aromatic heterocycles. The molecule has 0 unspecified atom stereocenters. The molecule has 1 aliphatic heterocycles. The molecule has 2 rings (SSSR count). The van der Waals surface area contributed by atoms with Crippen LogP contribution in [0.25, 0.3) is 0 Å². The van der Waals surface area contributed by atoms with Gasteiger partial charge in [0.25, 0.3) is 0 Å². The van der Waals surface area contributed by atoms with E-state index in [1.54, 1.807) is 0 Å². The van der Waals surface area contributed by atoms with Crippen molar-refractivity contribution in [3.8, 4) is 0 Å². The van der Waals surface area contributed by atoms with E-state index in [2.05, 4.69) is 0 Å². The van der Waals surface area contributed by atoms with E-state index in [1.807, 2.05) is 42.2 Å². The molecule has 0 saturated carbocycles. The minimum Gasteiger partial charge on any atom is -0.480 e. The van der Waals surface area contributed by atoms with Crippen LogP contribution in [0.1, 0.15) is 18.6 Å². The SMILES string of the molecule is C[C@@H]1CO[C@H](c2ccccc2)CN1CC(=O)O. The molecule has 0 spiro atoms. The van der Waals surface area contributed by atoms with Gasteiger partial charge in [-0.25, -0.2) is 0 Å². The topological polar surface area (TPSA) is 49.8 Å². The van der Waals surface area contributed by atoms with Crippen molar-refractivity contribution in [3.63, 3.8) is 0 Å². The molecule has 1 fully saturated rings. The highest BCUT2D eigenvalue weighted by atomic mass is 16.5. The molecular weight excluding hydrogens is 218 g/mol. The Kier molecular flexibility index (Phi) is 3.76. The summed E-state index contributed by atoms with van der Waals surface area (Å²) in [4.78, 5) is 12.7. The molecular formula is C13H17NO3. The average Bonchev–Trinajstić information content (AvgIpc) is 2.32. The van der Waals surface area contributed by atoms with Gasteiger partial charge in [0.2, 0.25) is 0 Å². The van der Waals surface area contributed by atoms with Gasteiger partial charge in [-0.2, -0.15) is 0 Å². The number of carboxylic acid groups (broad SMARTS) is 1. The number of ether oxygens (including phenoxy) is 1. The van der Waals surface area contributed by atoms with Gasteiger partial charge in [0.1, 0.15) is 0 Å². The second-order valence-corrected chi connectivity index (χ2v) is 4.40. The molecule has 1 aromatic rings. The third kappa shape index (κ3) is 3.05. The molecule has 1 heterocycles. The number of benzene rings is 1. The molecule has 2 atom stereocenters. The summed E-state index contributed by atoms with van der Waals surface area (Å²) < 4.78 is 5.75. The van der Waals surface area contributed by atoms with E-state index in [0.29, 0.717) is 13.2 Å². The fraction of sp³-hybridized carbons (Fsp3) is 0.462. The maximum atomic E-state index is 10.8. The molecule has 17 heavy (non-hydrogen) atoms. The third-order valence-corrected chi connectivity index (χ3v) is 3.07. The van der Waals surface area contributed by atoms with Crippen molar-refractivity contribution in [2.24, 2.45) is 0 Å². The summed E-state index contributed by atoms with van der Waals surface area (Å²) in [7, 11) is 0. The smallest absolute Gasteiger partial charge is 0.317 e. The van der Waals surface area contributed by atoms with Crippen LogP contribution in [0.5, 0.6) is 0 Å². The van der Waals surface area contributed by atoms with Crippen LogP contribution >= 0.6 is 0 Å². The molecule has 0 amide bonds. The highest BCUT2D eigenvalue weighted by Gasteiger charge is 2.28. The Morgan fingerprint density at radius 1 is 1.47 bits per heavy atom. The summed E-state index contributed by atoms with van der Waals surface area (Å²) in [6.45, 7) is 3.28. The van der Waals surface area contributed by atoms with Crippen LogP contribution < -0.4 is 0 Å².